The molecule has 0 fully saturated rings. The van der Waals surface area contributed by atoms with E-state index in [1.807, 2.05) is 29.2 Å². The van der Waals surface area contributed by atoms with Crippen LogP contribution in [0, 0.1) is 0 Å². The van der Waals surface area contributed by atoms with Crippen LogP contribution in [-0.2, 0) is 6.54 Å². The summed E-state index contributed by atoms with van der Waals surface area (Å²) < 4.78 is 5.15. The standard InChI is InChI=1S/C23H23N3O2/c1-28-19-12-13-20(24-16-19)23(27)26-15-7-14-25(17-18-8-3-2-4-9-18)21-10-5-6-11-22(21)26/h2-6,8-13,16H,7,14-15,17H2,1H3. The van der Waals surface area contributed by atoms with Gasteiger partial charge in [-0.1, -0.05) is 42.5 Å². The molecule has 142 valence electrons. The SMILES string of the molecule is COc1ccc(C(=O)N2CCCN(Cc3ccccc3)c3ccccc32)nc1. The first-order chi connectivity index (χ1) is 13.8. The van der Waals surface area contributed by atoms with Gasteiger partial charge in [0.05, 0.1) is 24.7 Å². The first-order valence-corrected chi connectivity index (χ1v) is 9.46. The average Bonchev–Trinajstić information content (AvgIpc) is 2.94. The number of rotatable bonds is 4. The van der Waals surface area contributed by atoms with E-state index in [1.165, 1.54) is 5.56 Å². The number of ether oxygens (including phenoxy) is 1. The number of carbonyl (C=O) groups is 1. The Balaban J connectivity index is 1.64. The molecule has 1 aliphatic rings. The summed E-state index contributed by atoms with van der Waals surface area (Å²) in [5.74, 6) is 0.554. The third kappa shape index (κ3) is 3.69. The van der Waals surface area contributed by atoms with Gasteiger partial charge in [0.2, 0.25) is 0 Å². The molecule has 2 heterocycles. The molecular weight excluding hydrogens is 350 g/mol. The number of hydrogen-bond donors (Lipinski definition) is 0. The maximum atomic E-state index is 13.2. The Labute approximate surface area is 165 Å². The Morgan fingerprint density at radius 1 is 0.964 bits per heavy atom. The lowest BCUT2D eigenvalue weighted by Crippen LogP contribution is -2.32. The molecule has 0 N–H and O–H groups in total. The van der Waals surface area contributed by atoms with Gasteiger partial charge in [0.15, 0.2) is 0 Å². The number of fused-ring (bicyclic) bond motifs is 1. The van der Waals surface area contributed by atoms with E-state index in [9.17, 15) is 4.79 Å². The molecule has 0 unspecified atom stereocenters. The predicted octanol–water partition coefficient (Wildman–Crippen LogP) is 4.15. The highest BCUT2D eigenvalue weighted by Gasteiger charge is 2.26. The van der Waals surface area contributed by atoms with Gasteiger partial charge in [-0.2, -0.15) is 0 Å². The van der Waals surface area contributed by atoms with Crippen LogP contribution in [0.25, 0.3) is 0 Å². The van der Waals surface area contributed by atoms with Crippen molar-refractivity contribution in [2.45, 2.75) is 13.0 Å². The number of amides is 1. The Bertz CT molecular complexity index is 942. The molecule has 5 nitrogen and oxygen atoms in total. The third-order valence-corrected chi connectivity index (χ3v) is 4.98. The molecule has 4 rings (SSSR count). The largest absolute Gasteiger partial charge is 0.495 e. The Morgan fingerprint density at radius 3 is 2.43 bits per heavy atom. The molecule has 3 aromatic rings. The molecule has 1 amide bonds. The van der Waals surface area contributed by atoms with Gasteiger partial charge >= 0.3 is 0 Å². The van der Waals surface area contributed by atoms with Crippen molar-refractivity contribution in [2.24, 2.45) is 0 Å². The number of anilines is 2. The summed E-state index contributed by atoms with van der Waals surface area (Å²) >= 11 is 0. The smallest absolute Gasteiger partial charge is 0.276 e. The Kier molecular flexibility index (Phi) is 5.24. The van der Waals surface area contributed by atoms with Gasteiger partial charge < -0.3 is 14.5 Å². The Hall–Kier alpha value is -3.34. The number of hydrogen-bond acceptors (Lipinski definition) is 4. The van der Waals surface area contributed by atoms with Crippen molar-refractivity contribution in [3.05, 3.63) is 84.2 Å². The number of carbonyl (C=O) groups excluding carboxylic acids is 1. The average molecular weight is 373 g/mol. The zero-order chi connectivity index (χ0) is 19.3. The maximum absolute atomic E-state index is 13.2. The van der Waals surface area contributed by atoms with Crippen LogP contribution in [0.1, 0.15) is 22.5 Å². The fourth-order valence-electron chi connectivity index (χ4n) is 3.57. The van der Waals surface area contributed by atoms with Gasteiger partial charge in [-0.3, -0.25) is 4.79 Å². The van der Waals surface area contributed by atoms with Gasteiger partial charge in [-0.15, -0.1) is 0 Å². The lowest BCUT2D eigenvalue weighted by atomic mass is 10.1. The van der Waals surface area contributed by atoms with E-state index in [-0.39, 0.29) is 5.91 Å². The van der Waals surface area contributed by atoms with Crippen molar-refractivity contribution in [1.29, 1.82) is 0 Å². The molecule has 0 atom stereocenters. The number of nitrogens with zero attached hydrogens (tertiary/aromatic N) is 3. The van der Waals surface area contributed by atoms with Gasteiger partial charge in [-0.25, -0.2) is 4.98 Å². The third-order valence-electron chi connectivity index (χ3n) is 4.98. The predicted molar refractivity (Wildman–Crippen MR) is 111 cm³/mol. The van der Waals surface area contributed by atoms with E-state index in [1.54, 1.807) is 25.4 Å². The minimum Gasteiger partial charge on any atom is -0.495 e. The van der Waals surface area contributed by atoms with E-state index >= 15 is 0 Å². The summed E-state index contributed by atoms with van der Waals surface area (Å²) in [5.41, 5.74) is 3.69. The molecule has 1 aromatic heterocycles. The highest BCUT2D eigenvalue weighted by Crippen LogP contribution is 2.34. The monoisotopic (exact) mass is 373 g/mol. The molecule has 0 spiro atoms. The van der Waals surface area contributed by atoms with Crippen molar-refractivity contribution in [3.63, 3.8) is 0 Å². The van der Waals surface area contributed by atoms with Crippen LogP contribution in [0.2, 0.25) is 0 Å². The minimum absolute atomic E-state index is 0.0864. The van der Waals surface area contributed by atoms with Crippen LogP contribution in [0.5, 0.6) is 5.75 Å². The van der Waals surface area contributed by atoms with Crippen LogP contribution in [-0.4, -0.2) is 31.1 Å². The molecular formula is C23H23N3O2. The molecule has 28 heavy (non-hydrogen) atoms. The second-order valence-corrected chi connectivity index (χ2v) is 6.79. The molecule has 0 saturated heterocycles. The van der Waals surface area contributed by atoms with E-state index in [2.05, 4.69) is 40.2 Å². The molecule has 0 saturated carbocycles. The first-order valence-electron chi connectivity index (χ1n) is 9.46. The molecule has 0 aliphatic carbocycles. The zero-order valence-corrected chi connectivity index (χ0v) is 15.9. The normalized spacial score (nSPS) is 13.6. The van der Waals surface area contributed by atoms with Crippen molar-refractivity contribution >= 4 is 17.3 Å². The molecule has 1 aliphatic heterocycles. The van der Waals surface area contributed by atoms with Gasteiger partial charge in [0, 0.05) is 19.6 Å². The summed E-state index contributed by atoms with van der Waals surface area (Å²) in [4.78, 5) is 21.7. The van der Waals surface area contributed by atoms with Gasteiger partial charge in [-0.05, 0) is 36.2 Å². The summed E-state index contributed by atoms with van der Waals surface area (Å²) in [5, 5.41) is 0. The van der Waals surface area contributed by atoms with Crippen LogP contribution < -0.4 is 14.5 Å². The van der Waals surface area contributed by atoms with Crippen molar-refractivity contribution in [2.75, 3.05) is 30.0 Å². The molecule has 0 bridgehead atoms. The van der Waals surface area contributed by atoms with Crippen LogP contribution in [0.4, 0.5) is 11.4 Å². The maximum Gasteiger partial charge on any atom is 0.276 e. The highest BCUT2D eigenvalue weighted by atomic mass is 16.5. The number of methoxy groups -OCH3 is 1. The number of para-hydroxylation sites is 2. The first kappa shape index (κ1) is 18.0. The molecule has 2 aromatic carbocycles. The zero-order valence-electron chi connectivity index (χ0n) is 15.9. The lowest BCUT2D eigenvalue weighted by Gasteiger charge is -2.26. The number of pyridine rings is 1. The summed E-state index contributed by atoms with van der Waals surface area (Å²) in [6.45, 7) is 2.38. The molecule has 5 heteroatoms. The van der Waals surface area contributed by atoms with Crippen LogP contribution >= 0.6 is 0 Å². The summed E-state index contributed by atoms with van der Waals surface area (Å²) in [7, 11) is 1.59. The quantitative estimate of drug-likeness (QED) is 0.689. The van der Waals surface area contributed by atoms with Crippen molar-refractivity contribution in [3.8, 4) is 5.75 Å². The van der Waals surface area contributed by atoms with E-state index in [0.29, 0.717) is 18.0 Å². The fourth-order valence-corrected chi connectivity index (χ4v) is 3.57. The second kappa shape index (κ2) is 8.13. The highest BCUT2D eigenvalue weighted by molar-refractivity contribution is 6.06. The van der Waals surface area contributed by atoms with E-state index < -0.39 is 0 Å². The fraction of sp³-hybridized carbons (Fsp3) is 0.217. The van der Waals surface area contributed by atoms with Crippen LogP contribution in [0.3, 0.4) is 0 Å². The van der Waals surface area contributed by atoms with Crippen molar-refractivity contribution < 1.29 is 9.53 Å². The van der Waals surface area contributed by atoms with E-state index in [0.717, 1.165) is 30.9 Å². The van der Waals surface area contributed by atoms with Crippen molar-refractivity contribution in [1.82, 2.24) is 4.98 Å². The minimum atomic E-state index is -0.0864. The molecule has 0 radical (unpaired) electrons. The summed E-state index contributed by atoms with van der Waals surface area (Å²) in [6.07, 6.45) is 2.47. The van der Waals surface area contributed by atoms with Crippen LogP contribution in [0.15, 0.2) is 72.9 Å². The lowest BCUT2D eigenvalue weighted by molar-refractivity contribution is 0.0982. The number of benzene rings is 2. The second-order valence-electron chi connectivity index (χ2n) is 6.79. The van der Waals surface area contributed by atoms with Gasteiger partial charge in [0.1, 0.15) is 11.4 Å². The summed E-state index contributed by atoms with van der Waals surface area (Å²) in [6, 6.07) is 22.0. The van der Waals surface area contributed by atoms with E-state index in [4.69, 9.17) is 4.74 Å². The Morgan fingerprint density at radius 2 is 1.71 bits per heavy atom. The topological polar surface area (TPSA) is 45.7 Å². The number of aromatic nitrogens is 1. The van der Waals surface area contributed by atoms with Gasteiger partial charge in [0.25, 0.3) is 5.91 Å².